The molecule has 0 aromatic rings. The summed E-state index contributed by atoms with van der Waals surface area (Å²) < 4.78 is 0. The van der Waals surface area contributed by atoms with E-state index in [9.17, 15) is 19.5 Å². The van der Waals surface area contributed by atoms with E-state index in [0.717, 1.165) is 24.2 Å². The molecule has 0 aromatic carbocycles. The van der Waals surface area contributed by atoms with E-state index in [4.69, 9.17) is 5.11 Å². The van der Waals surface area contributed by atoms with Gasteiger partial charge in [-0.3, -0.25) is 14.5 Å². The van der Waals surface area contributed by atoms with Gasteiger partial charge in [-0.1, -0.05) is 19.3 Å². The predicted octanol–water partition coefficient (Wildman–Crippen LogP) is 0.0767. The van der Waals surface area contributed by atoms with Crippen LogP contribution in [0.4, 0.5) is 4.79 Å². The topological polar surface area (TPSA) is 107 Å². The summed E-state index contributed by atoms with van der Waals surface area (Å²) in [6, 6.07) is -0.531. The van der Waals surface area contributed by atoms with Gasteiger partial charge in [-0.25, -0.2) is 4.79 Å². The zero-order valence-electron chi connectivity index (χ0n) is 10.6. The number of carboxylic acids is 1. The lowest BCUT2D eigenvalue weighted by atomic mass is 9.82. The van der Waals surface area contributed by atoms with Gasteiger partial charge in [-0.05, 0) is 12.8 Å². The van der Waals surface area contributed by atoms with Gasteiger partial charge in [0, 0.05) is 0 Å². The lowest BCUT2D eigenvalue weighted by Gasteiger charge is -2.30. The average molecular weight is 270 g/mol. The number of carboxylic acid groups (broad SMARTS) is 1. The maximum atomic E-state index is 12.3. The molecule has 2 rings (SSSR count). The number of urea groups is 1. The number of aliphatic carboxylic acids is 1. The second-order valence-corrected chi connectivity index (χ2v) is 5.24. The maximum Gasteiger partial charge on any atom is 0.325 e. The van der Waals surface area contributed by atoms with Crippen LogP contribution >= 0.6 is 0 Å². The Balaban J connectivity index is 2.04. The fraction of sp³-hybridized carbons (Fsp3) is 0.750. The fourth-order valence-corrected chi connectivity index (χ4v) is 2.81. The number of imide groups is 1. The molecule has 1 heterocycles. The monoisotopic (exact) mass is 270 g/mol. The van der Waals surface area contributed by atoms with Crippen molar-refractivity contribution in [2.24, 2.45) is 0 Å². The van der Waals surface area contributed by atoms with E-state index in [1.54, 1.807) is 0 Å². The Bertz CT molecular complexity index is 403. The van der Waals surface area contributed by atoms with E-state index in [0.29, 0.717) is 12.8 Å². The fourth-order valence-electron chi connectivity index (χ4n) is 2.81. The Kier molecular flexibility index (Phi) is 3.75. The van der Waals surface area contributed by atoms with Crippen LogP contribution < -0.4 is 5.32 Å². The van der Waals surface area contributed by atoms with Gasteiger partial charge >= 0.3 is 12.0 Å². The van der Waals surface area contributed by atoms with E-state index >= 15 is 0 Å². The first kappa shape index (κ1) is 13.8. The van der Waals surface area contributed by atoms with Crippen LogP contribution in [0, 0.1) is 0 Å². The number of hydrogen-bond donors (Lipinski definition) is 3. The SMILES string of the molecule is O=C(O)CC(O)CN1C(=O)NC2(CCCCC2)C1=O. The van der Waals surface area contributed by atoms with Crippen LogP contribution in [0.15, 0.2) is 0 Å². The quantitative estimate of drug-likeness (QED) is 0.627. The predicted molar refractivity (Wildman–Crippen MR) is 64.3 cm³/mol. The summed E-state index contributed by atoms with van der Waals surface area (Å²) in [5.74, 6) is -1.49. The minimum atomic E-state index is -1.23. The van der Waals surface area contributed by atoms with Gasteiger partial charge < -0.3 is 15.5 Å². The van der Waals surface area contributed by atoms with Gasteiger partial charge in [0.1, 0.15) is 5.54 Å². The Morgan fingerprint density at radius 1 is 1.32 bits per heavy atom. The number of carbonyl (C=O) groups excluding carboxylic acids is 2. The molecule has 1 saturated carbocycles. The average Bonchev–Trinajstić information content (AvgIpc) is 2.54. The third-order valence-electron chi connectivity index (χ3n) is 3.76. The standard InChI is InChI=1S/C12H18N2O5/c15-8(6-9(16)17)7-14-10(18)12(13-11(14)19)4-2-1-3-5-12/h8,15H,1-7H2,(H,13,19)(H,16,17). The molecule has 1 aliphatic carbocycles. The highest BCUT2D eigenvalue weighted by Gasteiger charge is 2.51. The summed E-state index contributed by atoms with van der Waals surface area (Å²) in [6.07, 6.45) is 2.34. The number of aliphatic hydroxyl groups excluding tert-OH is 1. The van der Waals surface area contributed by atoms with Gasteiger partial charge in [-0.15, -0.1) is 0 Å². The van der Waals surface area contributed by atoms with Crippen LogP contribution in [0.25, 0.3) is 0 Å². The number of hydrogen-bond acceptors (Lipinski definition) is 4. The molecule has 1 atom stereocenters. The van der Waals surface area contributed by atoms with Crippen LogP contribution in [0.1, 0.15) is 38.5 Å². The number of amides is 3. The lowest BCUT2D eigenvalue weighted by molar-refractivity contribution is -0.141. The van der Waals surface area contributed by atoms with Gasteiger partial charge in [0.05, 0.1) is 19.1 Å². The number of nitrogens with zero attached hydrogens (tertiary/aromatic N) is 1. The van der Waals surface area contributed by atoms with E-state index in [1.807, 2.05) is 0 Å². The highest BCUT2D eigenvalue weighted by atomic mass is 16.4. The van der Waals surface area contributed by atoms with Crippen molar-refractivity contribution in [3.63, 3.8) is 0 Å². The minimum Gasteiger partial charge on any atom is -0.481 e. The van der Waals surface area contributed by atoms with Gasteiger partial charge in [-0.2, -0.15) is 0 Å². The summed E-state index contributed by atoms with van der Waals surface area (Å²) >= 11 is 0. The third kappa shape index (κ3) is 2.70. The van der Waals surface area contributed by atoms with Crippen molar-refractivity contribution < 1.29 is 24.6 Å². The van der Waals surface area contributed by atoms with E-state index in [1.165, 1.54) is 0 Å². The molecular weight excluding hydrogens is 252 g/mol. The van der Waals surface area contributed by atoms with Crippen LogP contribution in [0.5, 0.6) is 0 Å². The molecule has 1 spiro atoms. The summed E-state index contributed by atoms with van der Waals surface area (Å²) in [5, 5.41) is 20.8. The molecule has 3 amide bonds. The first-order valence-corrected chi connectivity index (χ1v) is 6.48. The van der Waals surface area contributed by atoms with Crippen molar-refractivity contribution in [1.29, 1.82) is 0 Å². The van der Waals surface area contributed by atoms with Gasteiger partial charge in [0.2, 0.25) is 0 Å². The zero-order chi connectivity index (χ0) is 14.0. The molecule has 2 aliphatic rings. The second-order valence-electron chi connectivity index (χ2n) is 5.24. The van der Waals surface area contributed by atoms with Crippen molar-refractivity contribution in [3.8, 4) is 0 Å². The Morgan fingerprint density at radius 3 is 2.53 bits per heavy atom. The molecular formula is C12H18N2O5. The molecule has 7 nitrogen and oxygen atoms in total. The minimum absolute atomic E-state index is 0.265. The first-order valence-electron chi connectivity index (χ1n) is 6.48. The van der Waals surface area contributed by atoms with Crippen molar-refractivity contribution in [3.05, 3.63) is 0 Å². The van der Waals surface area contributed by atoms with Gasteiger partial charge in [0.15, 0.2) is 0 Å². The van der Waals surface area contributed by atoms with Crippen LogP contribution in [0.2, 0.25) is 0 Å². The van der Waals surface area contributed by atoms with Crippen molar-refractivity contribution in [1.82, 2.24) is 10.2 Å². The zero-order valence-corrected chi connectivity index (χ0v) is 10.6. The molecule has 0 bridgehead atoms. The van der Waals surface area contributed by atoms with Crippen molar-refractivity contribution >= 4 is 17.9 Å². The molecule has 0 radical (unpaired) electrons. The molecule has 7 heteroatoms. The van der Waals surface area contributed by atoms with Crippen LogP contribution in [-0.4, -0.2) is 51.2 Å². The van der Waals surface area contributed by atoms with E-state index in [2.05, 4.69) is 5.32 Å². The highest BCUT2D eigenvalue weighted by molar-refractivity contribution is 6.07. The number of nitrogens with one attached hydrogen (secondary N) is 1. The Hall–Kier alpha value is -1.63. The van der Waals surface area contributed by atoms with Crippen LogP contribution in [-0.2, 0) is 9.59 Å². The molecule has 0 aromatic heterocycles. The van der Waals surface area contributed by atoms with E-state index in [-0.39, 0.29) is 12.5 Å². The summed E-state index contributed by atoms with van der Waals surface area (Å²) in [5.41, 5.74) is -0.821. The number of aliphatic hydroxyl groups is 1. The number of rotatable bonds is 4. The smallest absolute Gasteiger partial charge is 0.325 e. The molecule has 3 N–H and O–H groups in total. The number of β-amino-alcohol motifs (C(OH)–C–C–N with tert-alkyl or cyclic N) is 1. The van der Waals surface area contributed by atoms with Crippen molar-refractivity contribution in [2.75, 3.05) is 6.54 Å². The molecule has 106 valence electrons. The highest BCUT2D eigenvalue weighted by Crippen LogP contribution is 2.33. The normalized spacial score (nSPS) is 23.5. The van der Waals surface area contributed by atoms with Gasteiger partial charge in [0.25, 0.3) is 5.91 Å². The largest absolute Gasteiger partial charge is 0.481 e. The van der Waals surface area contributed by atoms with Crippen molar-refractivity contribution in [2.45, 2.75) is 50.2 Å². The Labute approximate surface area is 110 Å². The number of carbonyl (C=O) groups is 3. The lowest BCUT2D eigenvalue weighted by Crippen LogP contribution is -2.48. The van der Waals surface area contributed by atoms with Crippen LogP contribution in [0.3, 0.4) is 0 Å². The maximum absolute atomic E-state index is 12.3. The Morgan fingerprint density at radius 2 is 1.95 bits per heavy atom. The summed E-state index contributed by atoms with van der Waals surface area (Å²) in [7, 11) is 0. The third-order valence-corrected chi connectivity index (χ3v) is 3.76. The molecule has 1 aliphatic heterocycles. The summed E-state index contributed by atoms with van der Waals surface area (Å²) in [6.45, 7) is -0.265. The molecule has 1 unspecified atom stereocenters. The summed E-state index contributed by atoms with van der Waals surface area (Å²) in [4.78, 5) is 35.5. The molecule has 1 saturated heterocycles. The molecule has 2 fully saturated rings. The second kappa shape index (κ2) is 5.16. The first-order chi connectivity index (χ1) is 8.94. The van der Waals surface area contributed by atoms with E-state index < -0.39 is 30.1 Å². The molecule has 19 heavy (non-hydrogen) atoms.